The highest BCUT2D eigenvalue weighted by atomic mass is 79.9. The lowest BCUT2D eigenvalue weighted by molar-refractivity contribution is 0.588. The maximum absolute atomic E-state index is 12.6. The Labute approximate surface area is 171 Å². The van der Waals surface area contributed by atoms with E-state index in [1.807, 2.05) is 36.4 Å². The van der Waals surface area contributed by atoms with Crippen LogP contribution < -0.4 is 4.72 Å². The van der Waals surface area contributed by atoms with Crippen LogP contribution in [0.15, 0.2) is 98.8 Å². The van der Waals surface area contributed by atoms with Crippen molar-refractivity contribution in [3.63, 3.8) is 0 Å². The molecule has 1 heterocycles. The molecule has 28 heavy (non-hydrogen) atoms. The molecule has 0 amide bonds. The van der Waals surface area contributed by atoms with Gasteiger partial charge in [-0.1, -0.05) is 42.5 Å². The van der Waals surface area contributed by atoms with Crippen molar-refractivity contribution in [3.8, 4) is 22.8 Å². The second-order valence-corrected chi connectivity index (χ2v) is 8.54. The first-order valence-electron chi connectivity index (χ1n) is 8.42. The van der Waals surface area contributed by atoms with Gasteiger partial charge in [-0.25, -0.2) is 13.4 Å². The van der Waals surface area contributed by atoms with Crippen molar-refractivity contribution in [3.05, 3.63) is 89.5 Å². The standard InChI is InChI=1S/C21H15BrN2O3S/c22-18-8-4-5-9-19(18)24-28(25,26)17-12-10-16(11-13-17)21-23-14-20(27-21)15-6-2-1-3-7-15/h1-14,24H. The number of rotatable bonds is 5. The van der Waals surface area contributed by atoms with Crippen molar-refractivity contribution in [2.45, 2.75) is 4.90 Å². The number of oxazole rings is 1. The summed E-state index contributed by atoms with van der Waals surface area (Å²) in [5.41, 5.74) is 2.10. The van der Waals surface area contributed by atoms with E-state index >= 15 is 0 Å². The van der Waals surface area contributed by atoms with Crippen molar-refractivity contribution in [2.24, 2.45) is 0 Å². The molecule has 0 aliphatic rings. The third kappa shape index (κ3) is 3.85. The number of hydrogen-bond acceptors (Lipinski definition) is 4. The molecule has 140 valence electrons. The van der Waals surface area contributed by atoms with E-state index in [4.69, 9.17) is 4.42 Å². The first kappa shape index (κ1) is 18.5. The Hall–Kier alpha value is -2.90. The molecule has 1 aromatic heterocycles. The normalized spacial score (nSPS) is 11.3. The SMILES string of the molecule is O=S(=O)(Nc1ccccc1Br)c1ccc(-c2ncc(-c3ccccc3)o2)cc1. The Bertz CT molecular complexity index is 1200. The maximum atomic E-state index is 12.6. The van der Waals surface area contributed by atoms with Crippen LogP contribution in [-0.4, -0.2) is 13.4 Å². The fraction of sp³-hybridized carbons (Fsp3) is 0. The number of para-hydroxylation sites is 1. The molecule has 0 bridgehead atoms. The average molecular weight is 455 g/mol. The van der Waals surface area contributed by atoms with Crippen molar-refractivity contribution >= 4 is 31.6 Å². The highest BCUT2D eigenvalue weighted by Gasteiger charge is 2.16. The maximum Gasteiger partial charge on any atom is 0.261 e. The molecule has 0 spiro atoms. The number of sulfonamides is 1. The van der Waals surface area contributed by atoms with Crippen LogP contribution >= 0.6 is 15.9 Å². The lowest BCUT2D eigenvalue weighted by Crippen LogP contribution is -2.13. The first-order valence-corrected chi connectivity index (χ1v) is 10.7. The van der Waals surface area contributed by atoms with E-state index in [0.29, 0.717) is 27.4 Å². The number of nitrogens with zero attached hydrogens (tertiary/aromatic N) is 1. The predicted octanol–water partition coefficient (Wildman–Crippen LogP) is 5.57. The Morgan fingerprint density at radius 3 is 2.21 bits per heavy atom. The van der Waals surface area contributed by atoms with Gasteiger partial charge in [0.05, 0.1) is 16.8 Å². The minimum atomic E-state index is -3.70. The van der Waals surface area contributed by atoms with E-state index in [-0.39, 0.29) is 4.90 Å². The summed E-state index contributed by atoms with van der Waals surface area (Å²) in [6.45, 7) is 0. The Kier molecular flexibility index (Phi) is 5.02. The van der Waals surface area contributed by atoms with E-state index in [1.54, 1.807) is 36.5 Å². The molecule has 4 rings (SSSR count). The van der Waals surface area contributed by atoms with Crippen molar-refractivity contribution < 1.29 is 12.8 Å². The summed E-state index contributed by atoms with van der Waals surface area (Å²) < 4.78 is 34.3. The van der Waals surface area contributed by atoms with Crippen LogP contribution in [0.5, 0.6) is 0 Å². The van der Waals surface area contributed by atoms with Crippen molar-refractivity contribution in [2.75, 3.05) is 4.72 Å². The molecule has 7 heteroatoms. The van der Waals surface area contributed by atoms with Crippen LogP contribution in [0.25, 0.3) is 22.8 Å². The Morgan fingerprint density at radius 2 is 1.50 bits per heavy atom. The summed E-state index contributed by atoms with van der Waals surface area (Å²) in [6, 6.07) is 23.1. The molecule has 0 unspecified atom stereocenters. The van der Waals surface area contributed by atoms with Crippen LogP contribution in [-0.2, 0) is 10.0 Å². The molecule has 0 saturated heterocycles. The molecule has 3 aromatic carbocycles. The molecular formula is C21H15BrN2O3S. The summed E-state index contributed by atoms with van der Waals surface area (Å²) in [7, 11) is -3.70. The fourth-order valence-electron chi connectivity index (χ4n) is 2.67. The van der Waals surface area contributed by atoms with Gasteiger partial charge in [0.1, 0.15) is 0 Å². The summed E-state index contributed by atoms with van der Waals surface area (Å²) >= 11 is 3.34. The van der Waals surface area contributed by atoms with Crippen molar-refractivity contribution in [1.29, 1.82) is 0 Å². The first-order chi connectivity index (χ1) is 13.5. The van der Waals surface area contributed by atoms with Crippen LogP contribution in [0.3, 0.4) is 0 Å². The predicted molar refractivity (Wildman–Crippen MR) is 112 cm³/mol. The zero-order valence-electron chi connectivity index (χ0n) is 14.5. The van der Waals surface area contributed by atoms with Crippen molar-refractivity contribution in [1.82, 2.24) is 4.98 Å². The van der Waals surface area contributed by atoms with E-state index in [9.17, 15) is 8.42 Å². The second kappa shape index (κ2) is 7.61. The third-order valence-electron chi connectivity index (χ3n) is 4.09. The molecule has 5 nitrogen and oxygen atoms in total. The highest BCUT2D eigenvalue weighted by molar-refractivity contribution is 9.10. The van der Waals surface area contributed by atoms with E-state index < -0.39 is 10.0 Å². The van der Waals surface area contributed by atoms with Gasteiger partial charge >= 0.3 is 0 Å². The zero-order valence-corrected chi connectivity index (χ0v) is 16.9. The molecule has 4 aromatic rings. The summed E-state index contributed by atoms with van der Waals surface area (Å²) in [5, 5.41) is 0. The summed E-state index contributed by atoms with van der Waals surface area (Å²) in [6.07, 6.45) is 1.66. The molecule has 0 aliphatic carbocycles. The lowest BCUT2D eigenvalue weighted by atomic mass is 10.2. The molecule has 0 aliphatic heterocycles. The van der Waals surface area contributed by atoms with Crippen LogP contribution in [0, 0.1) is 0 Å². The topological polar surface area (TPSA) is 72.2 Å². The molecule has 0 saturated carbocycles. The van der Waals surface area contributed by atoms with Gasteiger partial charge in [0.2, 0.25) is 5.89 Å². The van der Waals surface area contributed by atoms with Gasteiger partial charge in [-0.3, -0.25) is 4.72 Å². The van der Waals surface area contributed by atoms with E-state index in [2.05, 4.69) is 25.6 Å². The molecule has 0 radical (unpaired) electrons. The zero-order chi connectivity index (χ0) is 19.6. The number of hydrogen-bond donors (Lipinski definition) is 1. The summed E-state index contributed by atoms with van der Waals surface area (Å²) in [4.78, 5) is 4.45. The third-order valence-corrected chi connectivity index (χ3v) is 6.17. The van der Waals surface area contributed by atoms with E-state index in [0.717, 1.165) is 5.56 Å². The molecule has 0 atom stereocenters. The van der Waals surface area contributed by atoms with Crippen LogP contribution in [0.1, 0.15) is 0 Å². The summed E-state index contributed by atoms with van der Waals surface area (Å²) in [5.74, 6) is 1.09. The Morgan fingerprint density at radius 1 is 0.821 bits per heavy atom. The largest absolute Gasteiger partial charge is 0.436 e. The minimum absolute atomic E-state index is 0.154. The van der Waals surface area contributed by atoms with Crippen LogP contribution in [0.2, 0.25) is 0 Å². The molecule has 0 fully saturated rings. The van der Waals surface area contributed by atoms with Gasteiger partial charge in [-0.05, 0) is 52.3 Å². The Balaban J connectivity index is 1.57. The second-order valence-electron chi connectivity index (χ2n) is 6.01. The molecular weight excluding hydrogens is 440 g/mol. The van der Waals surface area contributed by atoms with Gasteiger partial charge in [0.25, 0.3) is 10.0 Å². The highest BCUT2D eigenvalue weighted by Crippen LogP contribution is 2.28. The van der Waals surface area contributed by atoms with Gasteiger partial charge in [-0.15, -0.1) is 0 Å². The number of halogens is 1. The van der Waals surface area contributed by atoms with Crippen LogP contribution in [0.4, 0.5) is 5.69 Å². The average Bonchev–Trinajstić information content (AvgIpc) is 3.21. The van der Waals surface area contributed by atoms with Gasteiger partial charge in [0, 0.05) is 15.6 Å². The fourth-order valence-corrected chi connectivity index (χ4v) is 4.26. The molecule has 1 N–H and O–H groups in total. The quantitative estimate of drug-likeness (QED) is 0.427. The number of nitrogens with one attached hydrogen (secondary N) is 1. The van der Waals surface area contributed by atoms with E-state index in [1.165, 1.54) is 12.1 Å². The van der Waals surface area contributed by atoms with Gasteiger partial charge < -0.3 is 4.42 Å². The van der Waals surface area contributed by atoms with Gasteiger partial charge in [-0.2, -0.15) is 0 Å². The minimum Gasteiger partial charge on any atom is -0.436 e. The smallest absolute Gasteiger partial charge is 0.261 e. The van der Waals surface area contributed by atoms with Gasteiger partial charge in [0.15, 0.2) is 5.76 Å². The number of anilines is 1. The monoisotopic (exact) mass is 454 g/mol. The number of benzene rings is 3. The number of aromatic nitrogens is 1. The lowest BCUT2D eigenvalue weighted by Gasteiger charge is -2.09.